The molecule has 4 aromatic rings. The summed E-state index contributed by atoms with van der Waals surface area (Å²) in [6.07, 6.45) is 7.49. The van der Waals surface area contributed by atoms with Crippen LogP contribution in [0.5, 0.6) is 0 Å². The van der Waals surface area contributed by atoms with Crippen molar-refractivity contribution >= 4 is 23.7 Å². The molecule has 0 atom stereocenters. The summed E-state index contributed by atoms with van der Waals surface area (Å²) in [6, 6.07) is 33.0. The van der Waals surface area contributed by atoms with Crippen LogP contribution in [-0.2, 0) is 5.41 Å². The number of benzene rings is 4. The molecular weight excluding hydrogens is 428 g/mol. The number of rotatable bonds is 5. The van der Waals surface area contributed by atoms with Crippen LogP contribution in [0.1, 0.15) is 58.4 Å². The van der Waals surface area contributed by atoms with Crippen molar-refractivity contribution in [2.45, 2.75) is 25.7 Å². The first-order valence-corrected chi connectivity index (χ1v) is 11.9. The minimum atomic E-state index is -0.908. The third kappa shape index (κ3) is 4.74. The average Bonchev–Trinajstić information content (AvgIpc) is 2.88. The van der Waals surface area contributed by atoms with Gasteiger partial charge < -0.3 is 5.11 Å². The van der Waals surface area contributed by atoms with Gasteiger partial charge in [0.2, 0.25) is 0 Å². The lowest BCUT2D eigenvalue weighted by Gasteiger charge is -2.32. The Kier molecular flexibility index (Phi) is 5.96. The van der Waals surface area contributed by atoms with Crippen molar-refractivity contribution in [3.05, 3.63) is 137 Å². The predicted octanol–water partition coefficient (Wildman–Crippen LogP) is 8.34. The quantitative estimate of drug-likeness (QED) is 0.306. The van der Waals surface area contributed by atoms with Gasteiger partial charge in [0.05, 0.1) is 5.56 Å². The van der Waals surface area contributed by atoms with Gasteiger partial charge in [-0.2, -0.15) is 0 Å². The standard InChI is InChI=1S/C33H28O2/c1-33(2)21-20-29(27-17-15-26(16-18-27)25-6-4-3-5-7-25)30-22-24(12-19-31(30)33)9-8-23-10-13-28(14-11-23)32(34)35/h3-20,22H,21H2,1-2H3,(H,34,35)/b9-8+. The monoisotopic (exact) mass is 456 g/mol. The Hall–Kier alpha value is -4.17. The summed E-state index contributed by atoms with van der Waals surface area (Å²) in [6.45, 7) is 4.61. The van der Waals surface area contributed by atoms with Gasteiger partial charge in [0, 0.05) is 0 Å². The molecule has 4 aromatic carbocycles. The molecule has 0 aliphatic heterocycles. The molecule has 1 aliphatic carbocycles. The molecule has 1 N–H and O–H groups in total. The van der Waals surface area contributed by atoms with Crippen molar-refractivity contribution in [3.8, 4) is 11.1 Å². The van der Waals surface area contributed by atoms with E-state index in [1.54, 1.807) is 12.1 Å². The minimum Gasteiger partial charge on any atom is -0.478 e. The maximum atomic E-state index is 11.1. The van der Waals surface area contributed by atoms with Crippen molar-refractivity contribution in [2.75, 3.05) is 0 Å². The predicted molar refractivity (Wildman–Crippen MR) is 145 cm³/mol. The summed E-state index contributed by atoms with van der Waals surface area (Å²) >= 11 is 0. The van der Waals surface area contributed by atoms with E-state index in [9.17, 15) is 4.79 Å². The molecule has 0 unspecified atom stereocenters. The van der Waals surface area contributed by atoms with Crippen molar-refractivity contribution < 1.29 is 9.90 Å². The molecule has 0 saturated carbocycles. The maximum absolute atomic E-state index is 11.1. The van der Waals surface area contributed by atoms with E-state index in [4.69, 9.17) is 5.11 Å². The highest BCUT2D eigenvalue weighted by Crippen LogP contribution is 2.42. The molecule has 0 bridgehead atoms. The zero-order chi connectivity index (χ0) is 24.4. The normalized spacial score (nSPS) is 14.4. The molecule has 35 heavy (non-hydrogen) atoms. The van der Waals surface area contributed by atoms with Crippen LogP contribution < -0.4 is 0 Å². The third-order valence-electron chi connectivity index (χ3n) is 6.81. The second kappa shape index (κ2) is 9.23. The first kappa shape index (κ1) is 22.6. The number of fused-ring (bicyclic) bond motifs is 1. The fourth-order valence-corrected chi connectivity index (χ4v) is 4.73. The Balaban J connectivity index is 1.47. The smallest absolute Gasteiger partial charge is 0.335 e. The molecule has 5 rings (SSSR count). The second-order valence-electron chi connectivity index (χ2n) is 9.71. The summed E-state index contributed by atoms with van der Waals surface area (Å²) in [7, 11) is 0. The lowest BCUT2D eigenvalue weighted by molar-refractivity contribution is 0.0697. The molecule has 0 aromatic heterocycles. The topological polar surface area (TPSA) is 37.3 Å². The van der Waals surface area contributed by atoms with Gasteiger partial charge in [0.1, 0.15) is 0 Å². The van der Waals surface area contributed by atoms with Crippen LogP contribution in [0, 0.1) is 0 Å². The van der Waals surface area contributed by atoms with Gasteiger partial charge >= 0.3 is 5.97 Å². The van der Waals surface area contributed by atoms with Crippen LogP contribution >= 0.6 is 0 Å². The van der Waals surface area contributed by atoms with Gasteiger partial charge in [-0.3, -0.25) is 0 Å². The van der Waals surface area contributed by atoms with Gasteiger partial charge in [-0.1, -0.05) is 111 Å². The van der Waals surface area contributed by atoms with Crippen molar-refractivity contribution in [1.29, 1.82) is 0 Å². The minimum absolute atomic E-state index is 0.0811. The van der Waals surface area contributed by atoms with E-state index in [2.05, 4.69) is 92.7 Å². The Morgan fingerprint density at radius 1 is 0.743 bits per heavy atom. The van der Waals surface area contributed by atoms with Crippen LogP contribution in [-0.4, -0.2) is 11.1 Å². The first-order valence-electron chi connectivity index (χ1n) is 11.9. The largest absolute Gasteiger partial charge is 0.478 e. The molecule has 0 amide bonds. The van der Waals surface area contributed by atoms with Crippen molar-refractivity contribution in [2.24, 2.45) is 0 Å². The summed E-state index contributed by atoms with van der Waals surface area (Å²) in [5.41, 5.74) is 10.1. The summed E-state index contributed by atoms with van der Waals surface area (Å²) in [4.78, 5) is 11.1. The van der Waals surface area contributed by atoms with E-state index in [1.807, 2.05) is 24.3 Å². The number of allylic oxidation sites excluding steroid dienone is 1. The van der Waals surface area contributed by atoms with E-state index in [0.717, 1.165) is 17.5 Å². The molecule has 0 radical (unpaired) electrons. The van der Waals surface area contributed by atoms with Gasteiger partial charge in [-0.25, -0.2) is 4.79 Å². The average molecular weight is 457 g/mol. The number of aromatic carboxylic acids is 1. The lowest BCUT2D eigenvalue weighted by Crippen LogP contribution is -2.21. The van der Waals surface area contributed by atoms with E-state index in [-0.39, 0.29) is 5.41 Å². The molecule has 0 fully saturated rings. The van der Waals surface area contributed by atoms with E-state index in [0.29, 0.717) is 5.56 Å². The highest BCUT2D eigenvalue weighted by atomic mass is 16.4. The van der Waals surface area contributed by atoms with Crippen LogP contribution in [0.15, 0.2) is 103 Å². The van der Waals surface area contributed by atoms with Crippen LogP contribution in [0.2, 0.25) is 0 Å². The molecule has 2 heteroatoms. The van der Waals surface area contributed by atoms with E-state index in [1.165, 1.54) is 33.4 Å². The fraction of sp³-hybridized carbons (Fsp3) is 0.121. The first-order chi connectivity index (χ1) is 16.9. The molecule has 1 aliphatic rings. The molecular formula is C33H28O2. The molecule has 0 saturated heterocycles. The SMILES string of the molecule is CC1(C)CC=C(c2ccc(-c3ccccc3)cc2)c2cc(/C=C/c3ccc(C(=O)O)cc3)ccc21. The third-order valence-corrected chi connectivity index (χ3v) is 6.81. The van der Waals surface area contributed by atoms with Crippen LogP contribution in [0.25, 0.3) is 28.9 Å². The Labute approximate surface area is 206 Å². The molecule has 172 valence electrons. The molecule has 0 spiro atoms. The summed E-state index contributed by atoms with van der Waals surface area (Å²) < 4.78 is 0. The van der Waals surface area contributed by atoms with Gasteiger partial charge in [-0.15, -0.1) is 0 Å². The van der Waals surface area contributed by atoms with E-state index < -0.39 is 5.97 Å². The number of carboxylic acids is 1. The van der Waals surface area contributed by atoms with Gasteiger partial charge in [0.25, 0.3) is 0 Å². The van der Waals surface area contributed by atoms with Gasteiger partial charge in [-0.05, 0) is 74.6 Å². The summed E-state index contributed by atoms with van der Waals surface area (Å²) in [5.74, 6) is -0.908. The Morgan fingerprint density at radius 2 is 1.34 bits per heavy atom. The lowest BCUT2D eigenvalue weighted by atomic mass is 9.72. The zero-order valence-electron chi connectivity index (χ0n) is 20.0. The Bertz CT molecular complexity index is 1420. The van der Waals surface area contributed by atoms with Crippen LogP contribution in [0.4, 0.5) is 0 Å². The zero-order valence-corrected chi connectivity index (χ0v) is 20.0. The van der Waals surface area contributed by atoms with Crippen molar-refractivity contribution in [3.63, 3.8) is 0 Å². The van der Waals surface area contributed by atoms with E-state index >= 15 is 0 Å². The number of carbonyl (C=O) groups is 1. The van der Waals surface area contributed by atoms with Gasteiger partial charge in [0.15, 0.2) is 0 Å². The fourth-order valence-electron chi connectivity index (χ4n) is 4.73. The number of hydrogen-bond donors (Lipinski definition) is 1. The van der Waals surface area contributed by atoms with Crippen molar-refractivity contribution in [1.82, 2.24) is 0 Å². The summed E-state index contributed by atoms with van der Waals surface area (Å²) in [5, 5.41) is 9.11. The number of carboxylic acid groups (broad SMARTS) is 1. The van der Waals surface area contributed by atoms with Crippen LogP contribution in [0.3, 0.4) is 0 Å². The molecule has 0 heterocycles. The second-order valence-corrected chi connectivity index (χ2v) is 9.71. The Morgan fingerprint density at radius 3 is 2.03 bits per heavy atom. The molecule has 2 nitrogen and oxygen atoms in total. The highest BCUT2D eigenvalue weighted by molar-refractivity contribution is 5.88. The number of hydrogen-bond acceptors (Lipinski definition) is 1. The maximum Gasteiger partial charge on any atom is 0.335 e. The highest BCUT2D eigenvalue weighted by Gasteiger charge is 2.28.